The van der Waals surface area contributed by atoms with E-state index >= 15 is 0 Å². The minimum Gasteiger partial charge on any atom is -0.299 e. The lowest BCUT2D eigenvalue weighted by molar-refractivity contribution is -0.126. The standard InChI is InChI=1S/C13H23NO/c1-6-9-14(10-7-2)11-8-12(15)13(3,4)5/h6-7H,1-2,8-11H2,3-5H3. The maximum absolute atomic E-state index is 11.7. The van der Waals surface area contributed by atoms with Crippen LogP contribution in [-0.2, 0) is 4.79 Å². The van der Waals surface area contributed by atoms with Crippen LogP contribution in [0.5, 0.6) is 0 Å². The number of hydrogen-bond donors (Lipinski definition) is 0. The fraction of sp³-hybridized carbons (Fsp3) is 0.615. The van der Waals surface area contributed by atoms with Crippen LogP contribution in [0.2, 0.25) is 0 Å². The molecule has 0 aromatic rings. The van der Waals surface area contributed by atoms with Crippen molar-refractivity contribution < 1.29 is 4.79 Å². The van der Waals surface area contributed by atoms with Crippen LogP contribution in [0.4, 0.5) is 0 Å². The van der Waals surface area contributed by atoms with Crippen LogP contribution in [0.3, 0.4) is 0 Å². The van der Waals surface area contributed by atoms with E-state index in [9.17, 15) is 4.79 Å². The van der Waals surface area contributed by atoms with Crippen LogP contribution in [0.1, 0.15) is 27.2 Å². The summed E-state index contributed by atoms with van der Waals surface area (Å²) in [5.74, 6) is 0.306. The Hall–Kier alpha value is -0.890. The molecule has 0 atom stereocenters. The number of ketones is 1. The van der Waals surface area contributed by atoms with E-state index in [1.165, 1.54) is 0 Å². The summed E-state index contributed by atoms with van der Waals surface area (Å²) in [4.78, 5) is 13.9. The average Bonchev–Trinajstić information content (AvgIpc) is 2.12. The molecule has 0 unspecified atom stereocenters. The minimum absolute atomic E-state index is 0.228. The summed E-state index contributed by atoms with van der Waals surface area (Å²) in [6, 6.07) is 0. The molecule has 0 aromatic carbocycles. The lowest BCUT2D eigenvalue weighted by Gasteiger charge is -2.21. The summed E-state index contributed by atoms with van der Waals surface area (Å²) < 4.78 is 0. The van der Waals surface area contributed by atoms with E-state index in [-0.39, 0.29) is 5.41 Å². The zero-order chi connectivity index (χ0) is 11.9. The van der Waals surface area contributed by atoms with E-state index in [1.54, 1.807) is 0 Å². The Labute approximate surface area is 93.7 Å². The molecule has 0 fully saturated rings. The van der Waals surface area contributed by atoms with Gasteiger partial charge >= 0.3 is 0 Å². The van der Waals surface area contributed by atoms with E-state index in [0.717, 1.165) is 19.6 Å². The molecule has 86 valence electrons. The smallest absolute Gasteiger partial charge is 0.139 e. The summed E-state index contributed by atoms with van der Waals surface area (Å²) in [5, 5.41) is 0. The largest absolute Gasteiger partial charge is 0.299 e. The second-order valence-electron chi connectivity index (χ2n) is 4.76. The summed E-state index contributed by atoms with van der Waals surface area (Å²) in [6.45, 7) is 15.7. The maximum Gasteiger partial charge on any atom is 0.139 e. The first-order valence-corrected chi connectivity index (χ1v) is 5.39. The Morgan fingerprint density at radius 1 is 1.20 bits per heavy atom. The monoisotopic (exact) mass is 209 g/mol. The van der Waals surface area contributed by atoms with Crippen molar-refractivity contribution in [2.75, 3.05) is 19.6 Å². The van der Waals surface area contributed by atoms with Crippen LogP contribution in [-0.4, -0.2) is 30.3 Å². The highest BCUT2D eigenvalue weighted by Gasteiger charge is 2.20. The van der Waals surface area contributed by atoms with Crippen LogP contribution in [0.25, 0.3) is 0 Å². The summed E-state index contributed by atoms with van der Waals surface area (Å²) in [6.07, 6.45) is 4.31. The molecule has 0 aromatic heterocycles. The Bertz CT molecular complexity index is 215. The molecule has 2 nitrogen and oxygen atoms in total. The van der Waals surface area contributed by atoms with Gasteiger partial charge < -0.3 is 0 Å². The predicted molar refractivity (Wildman–Crippen MR) is 65.9 cm³/mol. The Morgan fingerprint density at radius 3 is 2.00 bits per heavy atom. The number of hydrogen-bond acceptors (Lipinski definition) is 2. The molecule has 0 bridgehead atoms. The van der Waals surface area contributed by atoms with Crippen molar-refractivity contribution in [3.05, 3.63) is 25.3 Å². The molecule has 0 N–H and O–H groups in total. The van der Waals surface area contributed by atoms with Crippen LogP contribution < -0.4 is 0 Å². The van der Waals surface area contributed by atoms with Crippen molar-refractivity contribution in [3.8, 4) is 0 Å². The zero-order valence-electron chi connectivity index (χ0n) is 10.3. The number of carbonyl (C=O) groups excluding carboxylic acids is 1. The van der Waals surface area contributed by atoms with Gasteiger partial charge in [-0.1, -0.05) is 32.9 Å². The van der Waals surface area contributed by atoms with Gasteiger partial charge in [0.1, 0.15) is 5.78 Å². The minimum atomic E-state index is -0.228. The molecule has 0 radical (unpaired) electrons. The molecule has 0 spiro atoms. The first-order valence-electron chi connectivity index (χ1n) is 5.39. The van der Waals surface area contributed by atoms with Gasteiger partial charge in [0, 0.05) is 31.5 Å². The van der Waals surface area contributed by atoms with Crippen molar-refractivity contribution in [1.82, 2.24) is 4.90 Å². The van der Waals surface area contributed by atoms with Gasteiger partial charge in [-0.05, 0) is 0 Å². The van der Waals surface area contributed by atoms with E-state index in [4.69, 9.17) is 0 Å². The van der Waals surface area contributed by atoms with Gasteiger partial charge in [0.25, 0.3) is 0 Å². The zero-order valence-corrected chi connectivity index (χ0v) is 10.3. The average molecular weight is 209 g/mol. The topological polar surface area (TPSA) is 20.3 Å². The normalized spacial score (nSPS) is 11.5. The van der Waals surface area contributed by atoms with Crippen molar-refractivity contribution in [2.45, 2.75) is 27.2 Å². The van der Waals surface area contributed by atoms with Gasteiger partial charge in [-0.25, -0.2) is 0 Å². The molecule has 2 heteroatoms. The Morgan fingerprint density at radius 2 is 1.67 bits per heavy atom. The van der Waals surface area contributed by atoms with Crippen molar-refractivity contribution >= 4 is 5.78 Å². The molecular formula is C13H23NO. The lowest BCUT2D eigenvalue weighted by atomic mass is 9.89. The van der Waals surface area contributed by atoms with Crippen molar-refractivity contribution in [3.63, 3.8) is 0 Å². The van der Waals surface area contributed by atoms with E-state index < -0.39 is 0 Å². The van der Waals surface area contributed by atoms with Gasteiger partial charge in [0.15, 0.2) is 0 Å². The number of rotatable bonds is 7. The van der Waals surface area contributed by atoms with E-state index in [1.807, 2.05) is 32.9 Å². The fourth-order valence-electron chi connectivity index (χ4n) is 1.26. The summed E-state index contributed by atoms with van der Waals surface area (Å²) in [5.41, 5.74) is -0.228. The van der Waals surface area contributed by atoms with Crippen molar-refractivity contribution in [1.29, 1.82) is 0 Å². The third kappa shape index (κ3) is 6.24. The molecule has 0 rings (SSSR count). The summed E-state index contributed by atoms with van der Waals surface area (Å²) >= 11 is 0. The van der Waals surface area contributed by atoms with Crippen molar-refractivity contribution in [2.24, 2.45) is 5.41 Å². The van der Waals surface area contributed by atoms with Gasteiger partial charge in [-0.15, -0.1) is 13.2 Å². The number of Topliss-reactive ketones (excluding diaryl/α,β-unsaturated/α-hetero) is 1. The SMILES string of the molecule is C=CCN(CC=C)CCC(=O)C(C)(C)C. The third-order valence-electron chi connectivity index (χ3n) is 2.27. The third-order valence-corrected chi connectivity index (χ3v) is 2.27. The molecule has 15 heavy (non-hydrogen) atoms. The fourth-order valence-corrected chi connectivity index (χ4v) is 1.26. The van der Waals surface area contributed by atoms with Crippen LogP contribution in [0.15, 0.2) is 25.3 Å². The molecule has 0 saturated heterocycles. The molecule has 0 heterocycles. The predicted octanol–water partition coefficient (Wildman–Crippen LogP) is 2.67. The van der Waals surface area contributed by atoms with Crippen LogP contribution >= 0.6 is 0 Å². The number of nitrogens with zero attached hydrogens (tertiary/aromatic N) is 1. The second kappa shape index (κ2) is 6.57. The Kier molecular flexibility index (Phi) is 6.18. The highest BCUT2D eigenvalue weighted by Crippen LogP contribution is 2.16. The number of carbonyl (C=O) groups is 1. The van der Waals surface area contributed by atoms with Gasteiger partial charge in [-0.3, -0.25) is 9.69 Å². The highest BCUT2D eigenvalue weighted by molar-refractivity contribution is 5.83. The molecular weight excluding hydrogens is 186 g/mol. The molecule has 0 saturated carbocycles. The van der Waals surface area contributed by atoms with Gasteiger partial charge in [0.05, 0.1) is 0 Å². The van der Waals surface area contributed by atoms with Gasteiger partial charge in [-0.2, -0.15) is 0 Å². The molecule has 0 aliphatic heterocycles. The molecule has 0 aliphatic rings. The first kappa shape index (κ1) is 14.1. The van der Waals surface area contributed by atoms with E-state index in [2.05, 4.69) is 18.1 Å². The highest BCUT2D eigenvalue weighted by atomic mass is 16.1. The van der Waals surface area contributed by atoms with Gasteiger partial charge in [0.2, 0.25) is 0 Å². The van der Waals surface area contributed by atoms with E-state index in [0.29, 0.717) is 12.2 Å². The quantitative estimate of drug-likeness (QED) is 0.601. The molecule has 0 amide bonds. The van der Waals surface area contributed by atoms with Crippen LogP contribution in [0, 0.1) is 5.41 Å². The second-order valence-corrected chi connectivity index (χ2v) is 4.76. The molecule has 0 aliphatic carbocycles. The Balaban J connectivity index is 4.03. The summed E-state index contributed by atoms with van der Waals surface area (Å²) in [7, 11) is 0. The first-order chi connectivity index (χ1) is 6.91. The lowest BCUT2D eigenvalue weighted by Crippen LogP contribution is -2.30. The maximum atomic E-state index is 11.7.